The molecule has 0 bridgehead atoms. The lowest BCUT2D eigenvalue weighted by molar-refractivity contribution is 0.135. The van der Waals surface area contributed by atoms with Gasteiger partial charge in [-0.1, -0.05) is 19.1 Å². The molecule has 0 saturated heterocycles. The van der Waals surface area contributed by atoms with Gasteiger partial charge in [0.1, 0.15) is 5.75 Å². The van der Waals surface area contributed by atoms with Crippen molar-refractivity contribution in [3.63, 3.8) is 0 Å². The highest BCUT2D eigenvalue weighted by atomic mass is 16.5. The van der Waals surface area contributed by atoms with Crippen LogP contribution in [0.5, 0.6) is 5.75 Å². The van der Waals surface area contributed by atoms with Crippen LogP contribution in [0.25, 0.3) is 0 Å². The third kappa shape index (κ3) is 1.04. The van der Waals surface area contributed by atoms with Crippen molar-refractivity contribution in [2.75, 3.05) is 5.32 Å². The number of rotatable bonds is 1. The maximum Gasteiger partial charge on any atom is 0.177 e. The average molecular weight is 163 g/mol. The molecule has 2 nitrogen and oxygen atoms in total. The van der Waals surface area contributed by atoms with Gasteiger partial charge in [-0.15, -0.1) is 0 Å². The Kier molecular flexibility index (Phi) is 1.50. The van der Waals surface area contributed by atoms with Gasteiger partial charge in [-0.3, -0.25) is 0 Å². The summed E-state index contributed by atoms with van der Waals surface area (Å²) >= 11 is 0. The van der Waals surface area contributed by atoms with E-state index in [1.54, 1.807) is 0 Å². The molecule has 0 spiro atoms. The minimum Gasteiger partial charge on any atom is -0.466 e. The van der Waals surface area contributed by atoms with Crippen molar-refractivity contribution in [2.24, 2.45) is 0 Å². The third-order valence-corrected chi connectivity index (χ3v) is 2.30. The van der Waals surface area contributed by atoms with E-state index < -0.39 is 0 Å². The molecular formula is C10H13NO. The molecule has 0 aromatic heterocycles. The Balaban J connectivity index is 2.33. The molecule has 1 aliphatic heterocycles. The van der Waals surface area contributed by atoms with E-state index in [-0.39, 0.29) is 5.72 Å². The van der Waals surface area contributed by atoms with Gasteiger partial charge < -0.3 is 10.1 Å². The summed E-state index contributed by atoms with van der Waals surface area (Å²) < 4.78 is 5.73. The predicted octanol–water partition coefficient (Wildman–Crippen LogP) is 2.62. The number of para-hydroxylation sites is 2. The Bertz CT molecular complexity index is 271. The molecule has 2 rings (SSSR count). The summed E-state index contributed by atoms with van der Waals surface area (Å²) in [5.41, 5.74) is 0.894. The second-order valence-electron chi connectivity index (χ2n) is 3.31. The van der Waals surface area contributed by atoms with E-state index in [1.165, 1.54) is 0 Å². The number of hydrogen-bond donors (Lipinski definition) is 1. The van der Waals surface area contributed by atoms with Crippen LogP contribution in [0.3, 0.4) is 0 Å². The zero-order valence-electron chi connectivity index (χ0n) is 7.42. The smallest absolute Gasteiger partial charge is 0.177 e. The van der Waals surface area contributed by atoms with Gasteiger partial charge >= 0.3 is 0 Å². The van der Waals surface area contributed by atoms with Gasteiger partial charge in [-0.05, 0) is 19.1 Å². The first kappa shape index (κ1) is 7.47. The van der Waals surface area contributed by atoms with Gasteiger partial charge in [0.05, 0.1) is 5.69 Å². The second-order valence-corrected chi connectivity index (χ2v) is 3.31. The number of ether oxygens (including phenoxy) is 1. The third-order valence-electron chi connectivity index (χ3n) is 2.30. The molecule has 12 heavy (non-hydrogen) atoms. The SMILES string of the molecule is CCC1(C)Nc2ccccc2O1. The molecule has 1 aromatic rings. The van der Waals surface area contributed by atoms with E-state index in [1.807, 2.05) is 24.3 Å². The van der Waals surface area contributed by atoms with Crippen LogP contribution in [0.2, 0.25) is 0 Å². The molecule has 1 N–H and O–H groups in total. The number of nitrogens with one attached hydrogen (secondary N) is 1. The fourth-order valence-corrected chi connectivity index (χ4v) is 1.37. The fraction of sp³-hybridized carbons (Fsp3) is 0.400. The molecule has 1 unspecified atom stereocenters. The Morgan fingerprint density at radius 1 is 1.42 bits per heavy atom. The number of hydrogen-bond acceptors (Lipinski definition) is 2. The van der Waals surface area contributed by atoms with E-state index in [0.717, 1.165) is 17.9 Å². The Labute approximate surface area is 72.5 Å². The maximum absolute atomic E-state index is 5.73. The first-order chi connectivity index (χ1) is 5.73. The molecule has 1 atom stereocenters. The van der Waals surface area contributed by atoms with E-state index in [2.05, 4.69) is 19.2 Å². The lowest BCUT2D eigenvalue weighted by atomic mass is 10.2. The molecule has 1 heterocycles. The van der Waals surface area contributed by atoms with Crippen LogP contribution in [0, 0.1) is 0 Å². The minimum absolute atomic E-state index is 0.205. The molecule has 0 fully saturated rings. The Morgan fingerprint density at radius 2 is 2.17 bits per heavy atom. The van der Waals surface area contributed by atoms with E-state index in [9.17, 15) is 0 Å². The number of benzene rings is 1. The summed E-state index contributed by atoms with van der Waals surface area (Å²) in [5, 5.41) is 3.34. The molecule has 0 amide bonds. The predicted molar refractivity (Wildman–Crippen MR) is 49.4 cm³/mol. The highest BCUT2D eigenvalue weighted by molar-refractivity contribution is 5.60. The molecule has 2 heteroatoms. The van der Waals surface area contributed by atoms with Crippen molar-refractivity contribution in [1.29, 1.82) is 0 Å². The van der Waals surface area contributed by atoms with E-state index in [0.29, 0.717) is 0 Å². The zero-order chi connectivity index (χ0) is 8.60. The maximum atomic E-state index is 5.73. The fourth-order valence-electron chi connectivity index (χ4n) is 1.37. The van der Waals surface area contributed by atoms with Crippen molar-refractivity contribution in [3.8, 4) is 5.75 Å². The molecule has 0 radical (unpaired) electrons. The minimum atomic E-state index is -0.205. The highest BCUT2D eigenvalue weighted by Gasteiger charge is 2.31. The van der Waals surface area contributed by atoms with Gasteiger partial charge in [-0.25, -0.2) is 0 Å². The zero-order valence-corrected chi connectivity index (χ0v) is 7.42. The molecule has 1 aromatic carbocycles. The molecule has 0 aliphatic carbocycles. The molecule has 0 saturated carbocycles. The molecule has 64 valence electrons. The van der Waals surface area contributed by atoms with Crippen molar-refractivity contribution in [1.82, 2.24) is 0 Å². The van der Waals surface area contributed by atoms with Crippen LogP contribution < -0.4 is 10.1 Å². The van der Waals surface area contributed by atoms with Gasteiger partial charge in [0.25, 0.3) is 0 Å². The summed E-state index contributed by atoms with van der Waals surface area (Å²) in [6.07, 6.45) is 0.960. The number of anilines is 1. The lowest BCUT2D eigenvalue weighted by Gasteiger charge is -2.22. The van der Waals surface area contributed by atoms with Crippen molar-refractivity contribution in [2.45, 2.75) is 26.0 Å². The van der Waals surface area contributed by atoms with Crippen LogP contribution in [0.4, 0.5) is 5.69 Å². The van der Waals surface area contributed by atoms with Crippen LogP contribution in [0.1, 0.15) is 20.3 Å². The van der Waals surface area contributed by atoms with Gasteiger partial charge in [-0.2, -0.15) is 0 Å². The van der Waals surface area contributed by atoms with Crippen LogP contribution in [-0.4, -0.2) is 5.72 Å². The second kappa shape index (κ2) is 2.41. The average Bonchev–Trinajstić information content (AvgIpc) is 2.42. The van der Waals surface area contributed by atoms with Crippen molar-refractivity contribution in [3.05, 3.63) is 24.3 Å². The first-order valence-electron chi connectivity index (χ1n) is 4.30. The molecule has 1 aliphatic rings. The Morgan fingerprint density at radius 3 is 2.83 bits per heavy atom. The largest absolute Gasteiger partial charge is 0.466 e. The molecular weight excluding hydrogens is 150 g/mol. The quantitative estimate of drug-likeness (QED) is 0.687. The summed E-state index contributed by atoms with van der Waals surface area (Å²) in [6, 6.07) is 8.03. The number of fused-ring (bicyclic) bond motifs is 1. The highest BCUT2D eigenvalue weighted by Crippen LogP contribution is 2.37. The van der Waals surface area contributed by atoms with Crippen LogP contribution in [0.15, 0.2) is 24.3 Å². The standard InChI is InChI=1S/C10H13NO/c1-3-10(2)11-8-6-4-5-7-9(8)12-10/h4-7,11H,3H2,1-2H3. The van der Waals surface area contributed by atoms with E-state index >= 15 is 0 Å². The van der Waals surface area contributed by atoms with Crippen molar-refractivity contribution < 1.29 is 4.74 Å². The monoisotopic (exact) mass is 163 g/mol. The normalized spacial score (nSPS) is 25.8. The van der Waals surface area contributed by atoms with Gasteiger partial charge in [0, 0.05) is 6.42 Å². The van der Waals surface area contributed by atoms with Crippen molar-refractivity contribution >= 4 is 5.69 Å². The summed E-state index contributed by atoms with van der Waals surface area (Å²) in [5.74, 6) is 0.960. The van der Waals surface area contributed by atoms with Crippen LogP contribution in [-0.2, 0) is 0 Å². The summed E-state index contributed by atoms with van der Waals surface area (Å²) in [6.45, 7) is 4.17. The van der Waals surface area contributed by atoms with Crippen LogP contribution >= 0.6 is 0 Å². The lowest BCUT2D eigenvalue weighted by Crippen LogP contribution is -2.35. The van der Waals surface area contributed by atoms with E-state index in [4.69, 9.17) is 4.74 Å². The Hall–Kier alpha value is -1.18. The summed E-state index contributed by atoms with van der Waals surface area (Å²) in [7, 11) is 0. The van der Waals surface area contributed by atoms with Gasteiger partial charge in [0.2, 0.25) is 0 Å². The topological polar surface area (TPSA) is 21.3 Å². The first-order valence-corrected chi connectivity index (χ1v) is 4.30. The van der Waals surface area contributed by atoms with Gasteiger partial charge in [0.15, 0.2) is 5.72 Å². The summed E-state index contributed by atoms with van der Waals surface area (Å²) in [4.78, 5) is 0.